The third-order valence-corrected chi connectivity index (χ3v) is 2.33. The molecule has 1 rings (SSSR count). The van der Waals surface area contributed by atoms with Crippen LogP contribution in [0.3, 0.4) is 0 Å². The van der Waals surface area contributed by atoms with Gasteiger partial charge in [0.15, 0.2) is 5.52 Å². The molecule has 1 atom stereocenters. The van der Waals surface area contributed by atoms with E-state index in [0.717, 1.165) is 22.3 Å². The van der Waals surface area contributed by atoms with Crippen LogP contribution in [0.25, 0.3) is 6.08 Å². The molecule has 1 aromatic rings. The molecule has 0 aliphatic heterocycles. The Labute approximate surface area is 81.1 Å². The molecule has 0 spiro atoms. The molecular weight excluding hydrogens is 179 g/mol. The third kappa shape index (κ3) is 2.05. The van der Waals surface area contributed by atoms with Crippen LogP contribution < -0.4 is 0 Å². The summed E-state index contributed by atoms with van der Waals surface area (Å²) in [6.45, 7) is 7.58. The van der Waals surface area contributed by atoms with Crippen molar-refractivity contribution >= 4 is 20.8 Å². The van der Waals surface area contributed by atoms with Crippen molar-refractivity contribution in [2.45, 2.75) is 13.8 Å². The van der Waals surface area contributed by atoms with Crippen LogP contribution in [0.1, 0.15) is 27.0 Å². The van der Waals surface area contributed by atoms with Gasteiger partial charge in [-0.2, -0.15) is 0 Å². The van der Waals surface area contributed by atoms with E-state index in [-0.39, 0.29) is 5.52 Å². The lowest BCUT2D eigenvalue weighted by Crippen LogP contribution is -1.97. The minimum Gasteiger partial charge on any atom is -0.290 e. The summed E-state index contributed by atoms with van der Waals surface area (Å²) < 4.78 is 0. The molecule has 0 amide bonds. The fraction of sp³-hybridized carbons (Fsp3) is 0.182. The fourth-order valence-electron chi connectivity index (χ4n) is 1.50. The summed E-state index contributed by atoms with van der Waals surface area (Å²) in [4.78, 5) is 11.2. The van der Waals surface area contributed by atoms with Gasteiger partial charge in [0.25, 0.3) is 0 Å². The molecule has 0 aromatic heterocycles. The molecule has 68 valence electrons. The van der Waals surface area contributed by atoms with Gasteiger partial charge in [0.2, 0.25) is 0 Å². The van der Waals surface area contributed by atoms with Gasteiger partial charge < -0.3 is 0 Å². The Morgan fingerprint density at radius 1 is 1.38 bits per heavy atom. The van der Waals surface area contributed by atoms with E-state index >= 15 is 0 Å². The zero-order valence-electron chi connectivity index (χ0n) is 7.92. The normalized spacial score (nSPS) is 9.77. The molecule has 1 nitrogen and oxygen atoms in total. The molecule has 0 saturated carbocycles. The highest BCUT2D eigenvalue weighted by atomic mass is 31.0. The first kappa shape index (κ1) is 10.1. The predicted octanol–water partition coefficient (Wildman–Crippen LogP) is 2.96. The Bertz CT molecular complexity index is 343. The molecule has 1 aromatic carbocycles. The van der Waals surface area contributed by atoms with Crippen molar-refractivity contribution in [1.82, 2.24) is 0 Å². The monoisotopic (exact) mass is 192 g/mol. The van der Waals surface area contributed by atoms with Gasteiger partial charge in [-0.15, -0.1) is 0 Å². The predicted molar refractivity (Wildman–Crippen MR) is 60.0 cm³/mol. The van der Waals surface area contributed by atoms with Crippen molar-refractivity contribution in [1.29, 1.82) is 0 Å². The topological polar surface area (TPSA) is 17.1 Å². The van der Waals surface area contributed by atoms with Gasteiger partial charge in [-0.3, -0.25) is 4.79 Å². The number of hydrogen-bond donors (Lipinski definition) is 0. The molecule has 0 radical (unpaired) electrons. The first-order chi connectivity index (χ1) is 6.06. The van der Waals surface area contributed by atoms with E-state index < -0.39 is 0 Å². The summed E-state index contributed by atoms with van der Waals surface area (Å²) in [5.74, 6) is 0. The number of benzene rings is 1. The lowest BCUT2D eigenvalue weighted by molar-refractivity contribution is 0.108. The SMILES string of the molecule is C=Cc1cc(C)c(C(=O)P)c(C)c1. The van der Waals surface area contributed by atoms with E-state index in [0.29, 0.717) is 0 Å². The van der Waals surface area contributed by atoms with Gasteiger partial charge in [-0.05, 0) is 30.5 Å². The van der Waals surface area contributed by atoms with Crippen molar-refractivity contribution in [2.75, 3.05) is 0 Å². The Hall–Kier alpha value is -0.940. The molecular formula is C11H13OP. The minimum absolute atomic E-state index is 0.0469. The van der Waals surface area contributed by atoms with Crippen LogP contribution >= 0.6 is 9.24 Å². The van der Waals surface area contributed by atoms with Crippen LogP contribution in [0.2, 0.25) is 0 Å². The second-order valence-electron chi connectivity index (χ2n) is 3.10. The van der Waals surface area contributed by atoms with E-state index in [9.17, 15) is 4.79 Å². The van der Waals surface area contributed by atoms with Gasteiger partial charge in [-0.1, -0.05) is 34.0 Å². The van der Waals surface area contributed by atoms with Gasteiger partial charge in [0.1, 0.15) is 0 Å². The summed E-state index contributed by atoms with van der Waals surface area (Å²) in [5.41, 5.74) is 3.93. The highest BCUT2D eigenvalue weighted by Gasteiger charge is 2.07. The molecule has 0 aliphatic rings. The van der Waals surface area contributed by atoms with Gasteiger partial charge >= 0.3 is 0 Å². The quantitative estimate of drug-likeness (QED) is 0.658. The summed E-state index contributed by atoms with van der Waals surface area (Å²) in [7, 11) is 2.21. The Morgan fingerprint density at radius 3 is 2.15 bits per heavy atom. The zero-order chi connectivity index (χ0) is 10.0. The van der Waals surface area contributed by atoms with E-state index in [1.165, 1.54) is 0 Å². The van der Waals surface area contributed by atoms with Crippen LogP contribution in [-0.4, -0.2) is 5.52 Å². The van der Waals surface area contributed by atoms with Crippen molar-refractivity contribution in [3.8, 4) is 0 Å². The average Bonchev–Trinajstić information content (AvgIpc) is 2.02. The second kappa shape index (κ2) is 3.85. The number of aryl methyl sites for hydroxylation is 2. The fourth-order valence-corrected chi connectivity index (χ4v) is 1.96. The van der Waals surface area contributed by atoms with Crippen LogP contribution in [-0.2, 0) is 0 Å². The molecule has 2 heteroatoms. The van der Waals surface area contributed by atoms with E-state index in [4.69, 9.17) is 0 Å². The smallest absolute Gasteiger partial charge is 0.178 e. The second-order valence-corrected chi connectivity index (χ2v) is 3.62. The van der Waals surface area contributed by atoms with Gasteiger partial charge in [0, 0.05) is 5.56 Å². The largest absolute Gasteiger partial charge is 0.290 e. The summed E-state index contributed by atoms with van der Waals surface area (Å²) >= 11 is 0. The average molecular weight is 192 g/mol. The van der Waals surface area contributed by atoms with Crippen molar-refractivity contribution in [2.24, 2.45) is 0 Å². The maximum atomic E-state index is 11.2. The van der Waals surface area contributed by atoms with Crippen molar-refractivity contribution in [3.63, 3.8) is 0 Å². The molecule has 0 aliphatic carbocycles. The van der Waals surface area contributed by atoms with Crippen molar-refractivity contribution in [3.05, 3.63) is 41.0 Å². The van der Waals surface area contributed by atoms with Crippen LogP contribution in [0.15, 0.2) is 18.7 Å². The minimum atomic E-state index is 0.0469. The van der Waals surface area contributed by atoms with Gasteiger partial charge in [-0.25, -0.2) is 0 Å². The molecule has 0 bridgehead atoms. The highest BCUT2D eigenvalue weighted by molar-refractivity contribution is 7.41. The third-order valence-electron chi connectivity index (χ3n) is 2.04. The molecule has 13 heavy (non-hydrogen) atoms. The van der Waals surface area contributed by atoms with Crippen molar-refractivity contribution < 1.29 is 4.79 Å². The number of carbonyl (C=O) groups is 1. The first-order valence-electron chi connectivity index (χ1n) is 4.09. The molecule has 1 unspecified atom stereocenters. The van der Waals surface area contributed by atoms with E-state index in [2.05, 4.69) is 15.8 Å². The van der Waals surface area contributed by atoms with Crippen LogP contribution in [0.4, 0.5) is 0 Å². The Kier molecular flexibility index (Phi) is 3.00. The van der Waals surface area contributed by atoms with Crippen LogP contribution in [0.5, 0.6) is 0 Å². The maximum Gasteiger partial charge on any atom is 0.178 e. The Balaban J connectivity index is 3.39. The lowest BCUT2D eigenvalue weighted by atomic mass is 10.0. The van der Waals surface area contributed by atoms with E-state index in [1.54, 1.807) is 6.08 Å². The number of carbonyl (C=O) groups excluding carboxylic acids is 1. The molecule has 0 heterocycles. The summed E-state index contributed by atoms with van der Waals surface area (Å²) in [6, 6.07) is 3.94. The Morgan fingerprint density at radius 2 is 1.85 bits per heavy atom. The number of hydrogen-bond acceptors (Lipinski definition) is 1. The maximum absolute atomic E-state index is 11.2. The first-order valence-corrected chi connectivity index (χ1v) is 4.67. The standard InChI is InChI=1S/C11H13OP/c1-4-9-5-7(2)10(11(12)13)8(3)6-9/h4-6H,1,13H2,2-3H3. The molecule has 0 fully saturated rings. The zero-order valence-corrected chi connectivity index (χ0v) is 9.08. The van der Waals surface area contributed by atoms with E-state index in [1.807, 2.05) is 26.0 Å². The van der Waals surface area contributed by atoms with Crippen LogP contribution in [0, 0.1) is 13.8 Å². The highest BCUT2D eigenvalue weighted by Crippen LogP contribution is 2.19. The van der Waals surface area contributed by atoms with Gasteiger partial charge in [0.05, 0.1) is 0 Å². The molecule has 0 N–H and O–H groups in total. The molecule has 0 saturated heterocycles. The summed E-state index contributed by atoms with van der Waals surface area (Å²) in [5, 5.41) is 0. The number of rotatable bonds is 2. The lowest BCUT2D eigenvalue weighted by Gasteiger charge is -2.07. The summed E-state index contributed by atoms with van der Waals surface area (Å²) in [6.07, 6.45) is 1.79.